The van der Waals surface area contributed by atoms with E-state index in [2.05, 4.69) is 27.6 Å². The van der Waals surface area contributed by atoms with Crippen LogP contribution < -0.4 is 16.0 Å². The molecule has 10 heteroatoms. The second kappa shape index (κ2) is 16.8. The average molecular weight is 408 g/mol. The molecule has 0 aliphatic carbocycles. The fourth-order valence-electron chi connectivity index (χ4n) is 2.39. The van der Waals surface area contributed by atoms with Crippen LogP contribution in [0.5, 0.6) is 0 Å². The lowest BCUT2D eigenvalue weighted by Gasteiger charge is -2.24. The number of aliphatic hydroxyl groups excluding tert-OH is 4. The van der Waals surface area contributed by atoms with Gasteiger partial charge in [-0.3, -0.25) is 4.79 Å². The van der Waals surface area contributed by atoms with Gasteiger partial charge >= 0.3 is 5.97 Å². The van der Waals surface area contributed by atoms with Gasteiger partial charge in [-0.1, -0.05) is 13.3 Å². The summed E-state index contributed by atoms with van der Waals surface area (Å²) in [7, 11) is 0.999. The molecule has 10 nitrogen and oxygen atoms in total. The van der Waals surface area contributed by atoms with E-state index in [-0.39, 0.29) is 6.42 Å². The van der Waals surface area contributed by atoms with Crippen LogP contribution in [-0.2, 0) is 14.3 Å². The van der Waals surface area contributed by atoms with Gasteiger partial charge in [0, 0.05) is 32.6 Å². The van der Waals surface area contributed by atoms with Gasteiger partial charge in [0.05, 0.1) is 7.11 Å². The van der Waals surface area contributed by atoms with Crippen molar-refractivity contribution >= 4 is 11.8 Å². The summed E-state index contributed by atoms with van der Waals surface area (Å²) in [5, 5.41) is 48.4. The number of carbonyl (C=O) groups is 2. The number of nitrogens with one attached hydrogen (secondary N) is 3. The van der Waals surface area contributed by atoms with Crippen molar-refractivity contribution in [3.8, 4) is 0 Å². The summed E-state index contributed by atoms with van der Waals surface area (Å²) in [6, 6.07) is 0. The van der Waals surface area contributed by atoms with Gasteiger partial charge in [-0.25, -0.2) is 4.79 Å². The third-order valence-corrected chi connectivity index (χ3v) is 4.21. The lowest BCUT2D eigenvalue weighted by Crippen LogP contribution is -2.50. The molecule has 0 heterocycles. The van der Waals surface area contributed by atoms with Gasteiger partial charge in [0.2, 0.25) is 0 Å². The molecule has 0 aromatic heterocycles. The zero-order valence-electron chi connectivity index (χ0n) is 16.9. The first-order chi connectivity index (χ1) is 13.4. The largest absolute Gasteiger partial charge is 0.467 e. The van der Waals surface area contributed by atoms with E-state index in [9.17, 15) is 30.0 Å². The van der Waals surface area contributed by atoms with Crippen molar-refractivity contribution < 1.29 is 34.8 Å². The third-order valence-electron chi connectivity index (χ3n) is 4.21. The molecule has 0 radical (unpaired) electrons. The lowest BCUT2D eigenvalue weighted by atomic mass is 9.98. The topological polar surface area (TPSA) is 160 Å². The Bertz CT molecular complexity index is 426. The second-order valence-electron chi connectivity index (χ2n) is 6.57. The summed E-state index contributed by atoms with van der Waals surface area (Å²) in [6.07, 6.45) is -5.15. The van der Waals surface area contributed by atoms with Crippen LogP contribution in [0.15, 0.2) is 0 Å². The van der Waals surface area contributed by atoms with Crippen LogP contribution in [0.1, 0.15) is 32.6 Å². The Labute approximate surface area is 166 Å². The minimum absolute atomic E-state index is 0.0129. The molecular formula is C18H37N3O7. The molecule has 0 fully saturated rings. The van der Waals surface area contributed by atoms with Crippen LogP contribution in [0.25, 0.3) is 0 Å². The fourth-order valence-corrected chi connectivity index (χ4v) is 2.39. The van der Waals surface area contributed by atoms with Gasteiger partial charge in [-0.05, 0) is 25.9 Å². The number of hydrogen-bond donors (Lipinski definition) is 7. The highest BCUT2D eigenvalue weighted by molar-refractivity contribution is 5.83. The molecular weight excluding hydrogens is 370 g/mol. The maximum absolute atomic E-state index is 11.9. The number of aliphatic hydroxyl groups is 4. The molecule has 4 atom stereocenters. The quantitative estimate of drug-likeness (QED) is 0.0957. The predicted octanol–water partition coefficient (Wildman–Crippen LogP) is -2.48. The first-order valence-electron chi connectivity index (χ1n) is 9.81. The van der Waals surface area contributed by atoms with Gasteiger partial charge in [-0.15, -0.1) is 0 Å². The minimum Gasteiger partial charge on any atom is -0.467 e. The molecule has 0 aliphatic heterocycles. The Hall–Kier alpha value is -1.14. The number of ether oxygens (including phenoxy) is 1. The molecule has 0 aromatic rings. The number of Topliss-reactive ketones (excluding diaryl/α,β-unsaturated/α-hetero) is 1. The molecule has 0 rings (SSSR count). The molecule has 0 aromatic carbocycles. The molecule has 0 amide bonds. The maximum Gasteiger partial charge on any atom is 0.337 e. The number of methoxy groups -OCH3 is 1. The standard InChI is InChI=1S/C18H37N3O7/c1-3-4-7-19-9-11-21-12-10-20-8-5-6-13(22)14(23)15(24)16(25)17(26)18(27)28-2/h14-17,19-21,23-26H,3-12H2,1-2H3/t14-,15+,16+,17-/m0/s1. The highest BCUT2D eigenvalue weighted by atomic mass is 16.5. The van der Waals surface area contributed by atoms with Gasteiger partial charge in [0.25, 0.3) is 0 Å². The van der Waals surface area contributed by atoms with Gasteiger partial charge in [-0.2, -0.15) is 0 Å². The zero-order chi connectivity index (χ0) is 21.4. The molecule has 0 spiro atoms. The van der Waals surface area contributed by atoms with Crippen LogP contribution in [0, 0.1) is 0 Å². The number of hydrogen-bond acceptors (Lipinski definition) is 10. The van der Waals surface area contributed by atoms with Crippen molar-refractivity contribution in [2.75, 3.05) is 46.4 Å². The van der Waals surface area contributed by atoms with E-state index in [0.29, 0.717) is 13.0 Å². The van der Waals surface area contributed by atoms with Crippen LogP contribution in [0.4, 0.5) is 0 Å². The van der Waals surface area contributed by atoms with Gasteiger partial charge < -0.3 is 41.1 Å². The van der Waals surface area contributed by atoms with Crippen molar-refractivity contribution in [3.05, 3.63) is 0 Å². The van der Waals surface area contributed by atoms with Crippen molar-refractivity contribution in [1.29, 1.82) is 0 Å². The Balaban J connectivity index is 3.78. The van der Waals surface area contributed by atoms with E-state index >= 15 is 0 Å². The molecule has 0 aliphatic rings. The van der Waals surface area contributed by atoms with Crippen LogP contribution >= 0.6 is 0 Å². The van der Waals surface area contributed by atoms with E-state index in [0.717, 1.165) is 39.8 Å². The van der Waals surface area contributed by atoms with Crippen LogP contribution in [-0.4, -0.2) is 103 Å². The highest BCUT2D eigenvalue weighted by Gasteiger charge is 2.37. The van der Waals surface area contributed by atoms with Crippen LogP contribution in [0.2, 0.25) is 0 Å². The second-order valence-corrected chi connectivity index (χ2v) is 6.57. The Kier molecular flexibility index (Phi) is 16.1. The molecule has 0 saturated carbocycles. The van der Waals surface area contributed by atoms with Gasteiger partial charge in [0.1, 0.15) is 18.3 Å². The average Bonchev–Trinajstić information content (AvgIpc) is 2.71. The summed E-state index contributed by atoms with van der Waals surface area (Å²) in [4.78, 5) is 23.0. The Morgan fingerprint density at radius 1 is 0.786 bits per heavy atom. The number of unbranched alkanes of at least 4 members (excludes halogenated alkanes) is 1. The van der Waals surface area contributed by atoms with Crippen molar-refractivity contribution in [1.82, 2.24) is 16.0 Å². The molecule has 166 valence electrons. The Morgan fingerprint density at radius 3 is 1.75 bits per heavy atom. The maximum atomic E-state index is 11.9. The lowest BCUT2D eigenvalue weighted by molar-refractivity contribution is -0.168. The number of ketones is 1. The van der Waals surface area contributed by atoms with E-state index in [4.69, 9.17) is 0 Å². The molecule has 0 unspecified atom stereocenters. The highest BCUT2D eigenvalue weighted by Crippen LogP contribution is 2.09. The number of rotatable bonds is 18. The van der Waals surface area contributed by atoms with Gasteiger partial charge in [0.15, 0.2) is 11.9 Å². The smallest absolute Gasteiger partial charge is 0.337 e. The summed E-state index contributed by atoms with van der Waals surface area (Å²) in [5.74, 6) is -1.84. The molecule has 28 heavy (non-hydrogen) atoms. The van der Waals surface area contributed by atoms with Crippen LogP contribution in [0.3, 0.4) is 0 Å². The third kappa shape index (κ3) is 11.6. The summed E-state index contributed by atoms with van der Waals surface area (Å²) < 4.78 is 4.23. The Morgan fingerprint density at radius 2 is 1.25 bits per heavy atom. The summed E-state index contributed by atoms with van der Waals surface area (Å²) in [5.41, 5.74) is 0. The first kappa shape index (κ1) is 26.9. The summed E-state index contributed by atoms with van der Waals surface area (Å²) >= 11 is 0. The van der Waals surface area contributed by atoms with E-state index in [1.54, 1.807) is 0 Å². The number of carbonyl (C=O) groups excluding carboxylic acids is 2. The SMILES string of the molecule is CCCCNCCNCCNCCCC(=O)[C@H](O)[C@@H](O)[C@@H](O)[C@H](O)C(=O)OC. The predicted molar refractivity (Wildman–Crippen MR) is 104 cm³/mol. The molecule has 0 bridgehead atoms. The normalized spacial score (nSPS) is 15.6. The fraction of sp³-hybridized carbons (Fsp3) is 0.889. The molecule has 0 saturated heterocycles. The van der Waals surface area contributed by atoms with E-state index < -0.39 is 36.2 Å². The van der Waals surface area contributed by atoms with Crippen molar-refractivity contribution in [2.45, 2.75) is 57.0 Å². The van der Waals surface area contributed by atoms with Crippen molar-refractivity contribution in [3.63, 3.8) is 0 Å². The number of esters is 1. The summed E-state index contributed by atoms with van der Waals surface area (Å²) in [6.45, 7) is 7.07. The van der Waals surface area contributed by atoms with Crippen molar-refractivity contribution in [2.24, 2.45) is 0 Å². The monoisotopic (exact) mass is 407 g/mol. The minimum atomic E-state index is -2.04. The van der Waals surface area contributed by atoms with E-state index in [1.807, 2.05) is 0 Å². The zero-order valence-corrected chi connectivity index (χ0v) is 16.9. The van der Waals surface area contributed by atoms with E-state index in [1.165, 1.54) is 12.8 Å². The molecule has 7 N–H and O–H groups in total. The first-order valence-corrected chi connectivity index (χ1v) is 9.81.